The molecule has 1 N–H and O–H groups in total. The molecular weight excluding hydrogens is 336 g/mol. The molecule has 0 saturated carbocycles. The zero-order valence-corrected chi connectivity index (χ0v) is 16.4. The van der Waals surface area contributed by atoms with Crippen molar-refractivity contribution in [1.29, 1.82) is 0 Å². The normalized spacial score (nSPS) is 15.0. The molecule has 27 heavy (non-hydrogen) atoms. The summed E-state index contributed by atoms with van der Waals surface area (Å²) in [5.74, 6) is 0.435. The van der Waals surface area contributed by atoms with Crippen molar-refractivity contribution < 1.29 is 9.59 Å². The average Bonchev–Trinajstić information content (AvgIpc) is 2.68. The number of benzene rings is 2. The first-order valence-electron chi connectivity index (χ1n) is 9.72. The van der Waals surface area contributed by atoms with E-state index in [-0.39, 0.29) is 17.7 Å². The van der Waals surface area contributed by atoms with Gasteiger partial charge in [-0.25, -0.2) is 0 Å². The SMILES string of the molecule is Cc1ccccc1C(=O)N1CCC(C(=O)Nc2ccccc2C(C)C)CC1. The molecule has 0 spiro atoms. The molecule has 2 aromatic carbocycles. The van der Waals surface area contributed by atoms with E-state index in [0.717, 1.165) is 22.4 Å². The molecule has 0 atom stereocenters. The second-order valence-electron chi connectivity index (χ2n) is 7.61. The maximum Gasteiger partial charge on any atom is 0.254 e. The van der Waals surface area contributed by atoms with Crippen molar-refractivity contribution in [3.8, 4) is 0 Å². The molecule has 0 unspecified atom stereocenters. The van der Waals surface area contributed by atoms with Crippen molar-refractivity contribution >= 4 is 17.5 Å². The van der Waals surface area contributed by atoms with Gasteiger partial charge < -0.3 is 10.2 Å². The summed E-state index contributed by atoms with van der Waals surface area (Å²) in [5, 5.41) is 3.10. The van der Waals surface area contributed by atoms with Crippen LogP contribution in [0.3, 0.4) is 0 Å². The number of aryl methyl sites for hydroxylation is 1. The van der Waals surface area contributed by atoms with E-state index >= 15 is 0 Å². The fourth-order valence-electron chi connectivity index (χ4n) is 3.68. The number of carbonyl (C=O) groups is 2. The van der Waals surface area contributed by atoms with E-state index in [0.29, 0.717) is 31.8 Å². The van der Waals surface area contributed by atoms with Gasteiger partial charge in [0.25, 0.3) is 5.91 Å². The Bertz CT molecular complexity index is 821. The molecule has 1 aliphatic heterocycles. The van der Waals surface area contributed by atoms with Crippen LogP contribution >= 0.6 is 0 Å². The molecule has 3 rings (SSSR count). The van der Waals surface area contributed by atoms with Crippen LogP contribution in [-0.2, 0) is 4.79 Å². The van der Waals surface area contributed by atoms with Gasteiger partial charge in [-0.15, -0.1) is 0 Å². The fraction of sp³-hybridized carbons (Fsp3) is 0.391. The number of anilines is 1. The van der Waals surface area contributed by atoms with Crippen LogP contribution in [0.1, 0.15) is 54.1 Å². The molecule has 1 heterocycles. The lowest BCUT2D eigenvalue weighted by Gasteiger charge is -2.32. The minimum atomic E-state index is -0.0499. The predicted molar refractivity (Wildman–Crippen MR) is 109 cm³/mol. The Morgan fingerprint density at radius 2 is 1.63 bits per heavy atom. The van der Waals surface area contributed by atoms with Crippen molar-refractivity contribution in [3.63, 3.8) is 0 Å². The quantitative estimate of drug-likeness (QED) is 0.861. The van der Waals surface area contributed by atoms with E-state index in [1.54, 1.807) is 0 Å². The van der Waals surface area contributed by atoms with Crippen LogP contribution in [0, 0.1) is 12.8 Å². The summed E-state index contributed by atoms with van der Waals surface area (Å²) in [6, 6.07) is 15.6. The summed E-state index contributed by atoms with van der Waals surface area (Å²) < 4.78 is 0. The molecular formula is C23H28N2O2. The van der Waals surface area contributed by atoms with E-state index < -0.39 is 0 Å². The molecule has 4 heteroatoms. The number of nitrogens with zero attached hydrogens (tertiary/aromatic N) is 1. The number of hydrogen-bond acceptors (Lipinski definition) is 2. The van der Waals surface area contributed by atoms with Crippen LogP contribution in [0.2, 0.25) is 0 Å². The second-order valence-corrected chi connectivity index (χ2v) is 7.61. The summed E-state index contributed by atoms with van der Waals surface area (Å²) in [6.45, 7) is 7.45. The summed E-state index contributed by atoms with van der Waals surface area (Å²) in [4.78, 5) is 27.3. The molecule has 0 aromatic heterocycles. The van der Waals surface area contributed by atoms with Gasteiger partial charge >= 0.3 is 0 Å². The third-order valence-electron chi connectivity index (χ3n) is 5.37. The van der Waals surface area contributed by atoms with E-state index in [1.807, 2.05) is 54.3 Å². The van der Waals surface area contributed by atoms with Crippen LogP contribution in [0.15, 0.2) is 48.5 Å². The van der Waals surface area contributed by atoms with Gasteiger partial charge in [0, 0.05) is 30.3 Å². The van der Waals surface area contributed by atoms with Crippen molar-refractivity contribution in [1.82, 2.24) is 4.90 Å². The maximum atomic E-state index is 12.7. The molecule has 0 radical (unpaired) electrons. The molecule has 0 aliphatic carbocycles. The minimum Gasteiger partial charge on any atom is -0.339 e. The number of rotatable bonds is 4. The second kappa shape index (κ2) is 8.38. The highest BCUT2D eigenvalue weighted by atomic mass is 16.2. The topological polar surface area (TPSA) is 49.4 Å². The number of amides is 2. The first-order chi connectivity index (χ1) is 13.0. The van der Waals surface area contributed by atoms with E-state index in [4.69, 9.17) is 0 Å². The maximum absolute atomic E-state index is 12.7. The van der Waals surface area contributed by atoms with E-state index in [9.17, 15) is 9.59 Å². The number of nitrogens with one attached hydrogen (secondary N) is 1. The molecule has 142 valence electrons. The van der Waals surface area contributed by atoms with E-state index in [2.05, 4.69) is 25.2 Å². The minimum absolute atomic E-state index is 0.0499. The number of hydrogen-bond donors (Lipinski definition) is 1. The van der Waals surface area contributed by atoms with Crippen molar-refractivity contribution in [2.45, 2.75) is 39.5 Å². The summed E-state index contributed by atoms with van der Waals surface area (Å²) >= 11 is 0. The molecule has 1 fully saturated rings. The number of likely N-dealkylation sites (tertiary alicyclic amines) is 1. The predicted octanol–water partition coefficient (Wildman–Crippen LogP) is 4.61. The standard InChI is InChI=1S/C23H28N2O2/c1-16(2)19-9-6-7-11-21(19)24-22(26)18-12-14-25(15-13-18)23(27)20-10-5-4-8-17(20)3/h4-11,16,18H,12-15H2,1-3H3,(H,24,26). The first-order valence-corrected chi connectivity index (χ1v) is 9.72. The van der Waals surface area contributed by atoms with Gasteiger partial charge in [-0.05, 0) is 48.9 Å². The van der Waals surface area contributed by atoms with Crippen LogP contribution in [0.5, 0.6) is 0 Å². The highest BCUT2D eigenvalue weighted by Crippen LogP contribution is 2.26. The van der Waals surface area contributed by atoms with Crippen LogP contribution in [-0.4, -0.2) is 29.8 Å². The van der Waals surface area contributed by atoms with Gasteiger partial charge in [-0.2, -0.15) is 0 Å². The Balaban J connectivity index is 1.60. The van der Waals surface area contributed by atoms with Crippen LogP contribution in [0.4, 0.5) is 5.69 Å². The molecule has 4 nitrogen and oxygen atoms in total. The van der Waals surface area contributed by atoms with Gasteiger partial charge in [0.05, 0.1) is 0 Å². The number of para-hydroxylation sites is 1. The third kappa shape index (κ3) is 4.38. The van der Waals surface area contributed by atoms with Crippen molar-refractivity contribution in [3.05, 3.63) is 65.2 Å². The van der Waals surface area contributed by atoms with Gasteiger partial charge in [0.2, 0.25) is 5.91 Å². The largest absolute Gasteiger partial charge is 0.339 e. The summed E-state index contributed by atoms with van der Waals surface area (Å²) in [5.41, 5.74) is 3.80. The van der Waals surface area contributed by atoms with Gasteiger partial charge in [0.1, 0.15) is 0 Å². The lowest BCUT2D eigenvalue weighted by Crippen LogP contribution is -2.41. The monoisotopic (exact) mass is 364 g/mol. The first kappa shape index (κ1) is 19.2. The highest BCUT2D eigenvalue weighted by Gasteiger charge is 2.28. The molecule has 1 aliphatic rings. The Labute approximate surface area is 161 Å². The Morgan fingerprint density at radius 1 is 1.00 bits per heavy atom. The highest BCUT2D eigenvalue weighted by molar-refractivity contribution is 5.96. The smallest absolute Gasteiger partial charge is 0.254 e. The number of carbonyl (C=O) groups excluding carboxylic acids is 2. The number of piperidine rings is 1. The Morgan fingerprint density at radius 3 is 2.30 bits per heavy atom. The van der Waals surface area contributed by atoms with Crippen molar-refractivity contribution in [2.24, 2.45) is 5.92 Å². The van der Waals surface area contributed by atoms with Gasteiger partial charge in [0.15, 0.2) is 0 Å². The molecule has 1 saturated heterocycles. The third-order valence-corrected chi connectivity index (χ3v) is 5.37. The van der Waals surface area contributed by atoms with Gasteiger partial charge in [-0.3, -0.25) is 9.59 Å². The fourth-order valence-corrected chi connectivity index (χ4v) is 3.68. The van der Waals surface area contributed by atoms with Crippen LogP contribution in [0.25, 0.3) is 0 Å². The Hall–Kier alpha value is -2.62. The van der Waals surface area contributed by atoms with Crippen LogP contribution < -0.4 is 5.32 Å². The Kier molecular flexibility index (Phi) is 5.94. The lowest BCUT2D eigenvalue weighted by molar-refractivity contribution is -0.121. The average molecular weight is 364 g/mol. The van der Waals surface area contributed by atoms with Gasteiger partial charge in [-0.1, -0.05) is 50.2 Å². The van der Waals surface area contributed by atoms with Crippen molar-refractivity contribution in [2.75, 3.05) is 18.4 Å². The molecule has 0 bridgehead atoms. The van der Waals surface area contributed by atoms with E-state index in [1.165, 1.54) is 0 Å². The summed E-state index contributed by atoms with van der Waals surface area (Å²) in [7, 11) is 0. The lowest BCUT2D eigenvalue weighted by atomic mass is 9.94. The molecule has 2 amide bonds. The zero-order chi connectivity index (χ0) is 19.4. The zero-order valence-electron chi connectivity index (χ0n) is 16.4. The summed E-state index contributed by atoms with van der Waals surface area (Å²) in [6.07, 6.45) is 1.40. The molecule has 2 aromatic rings.